The van der Waals surface area contributed by atoms with Gasteiger partial charge in [-0.05, 0) is 58.3 Å². The van der Waals surface area contributed by atoms with Crippen LogP contribution >= 0.6 is 11.3 Å². The third-order valence-electron chi connectivity index (χ3n) is 8.78. The molecule has 48 heavy (non-hydrogen) atoms. The molecule has 2 atom stereocenters. The third kappa shape index (κ3) is 7.91. The first-order valence-corrected chi connectivity index (χ1v) is 18.4. The van der Waals surface area contributed by atoms with Gasteiger partial charge in [0.15, 0.2) is 5.76 Å². The van der Waals surface area contributed by atoms with Gasteiger partial charge in [0.1, 0.15) is 5.75 Å². The largest absolute Gasteiger partial charge is 0.497 e. The van der Waals surface area contributed by atoms with Gasteiger partial charge in [0.2, 0.25) is 16.3 Å². The predicted octanol–water partition coefficient (Wildman–Crippen LogP) is 4.67. The average molecular weight is 692 g/mol. The van der Waals surface area contributed by atoms with Crippen molar-refractivity contribution in [2.24, 2.45) is 0 Å². The van der Waals surface area contributed by atoms with E-state index in [-0.39, 0.29) is 48.8 Å². The van der Waals surface area contributed by atoms with Crippen molar-refractivity contribution in [1.82, 2.24) is 14.1 Å². The molecule has 1 fully saturated rings. The maximum Gasteiger partial charge on any atom is 0.288 e. The second kappa shape index (κ2) is 15.6. The van der Waals surface area contributed by atoms with Gasteiger partial charge < -0.3 is 24.2 Å². The Labute approximate surface area is 285 Å². The number of carbonyl (C=O) groups excluding carboxylic acids is 1. The molecule has 10 nitrogen and oxygen atoms in total. The minimum atomic E-state index is -3.90. The first-order valence-electron chi connectivity index (χ1n) is 16.1. The number of nitrogens with zero attached hydrogens (tertiary/aromatic N) is 3. The number of amides is 1. The molecule has 0 aliphatic carbocycles. The van der Waals surface area contributed by atoms with Crippen LogP contribution in [-0.4, -0.2) is 99.4 Å². The molecular weight excluding hydrogens is 651 g/mol. The van der Waals surface area contributed by atoms with Crippen LogP contribution in [0.25, 0.3) is 10.1 Å². The van der Waals surface area contributed by atoms with Crippen LogP contribution in [0.15, 0.2) is 101 Å². The van der Waals surface area contributed by atoms with Crippen LogP contribution in [0.2, 0.25) is 0 Å². The summed E-state index contributed by atoms with van der Waals surface area (Å²) < 4.78 is 46.7. The summed E-state index contributed by atoms with van der Waals surface area (Å²) in [4.78, 5) is 18.2. The van der Waals surface area contributed by atoms with Gasteiger partial charge in [-0.15, -0.1) is 11.3 Å². The SMILES string of the molecule is COc1ccc(S(=O)(=O)N(CCO)CCO[C@H]2C[C@@H](c3csc4ccccc34)C=C(C(=O)N3CCN(Cc4ccccc4)CC3)O2)cc1. The number of hydrogen-bond donors (Lipinski definition) is 1. The zero-order chi connectivity index (χ0) is 33.5. The summed E-state index contributed by atoms with van der Waals surface area (Å²) in [6.45, 7) is 3.11. The first-order chi connectivity index (χ1) is 23.4. The van der Waals surface area contributed by atoms with Crippen molar-refractivity contribution in [3.63, 3.8) is 0 Å². The molecular formula is C36H41N3O7S2. The van der Waals surface area contributed by atoms with Gasteiger partial charge >= 0.3 is 0 Å². The Hall–Kier alpha value is -3.78. The molecule has 0 radical (unpaired) electrons. The van der Waals surface area contributed by atoms with Gasteiger partial charge in [0.25, 0.3) is 5.91 Å². The molecule has 2 aliphatic rings. The summed E-state index contributed by atoms with van der Waals surface area (Å²) in [7, 11) is -2.39. The zero-order valence-corrected chi connectivity index (χ0v) is 28.6. The Morgan fingerprint density at radius 2 is 1.71 bits per heavy atom. The van der Waals surface area contributed by atoms with Crippen molar-refractivity contribution in [1.29, 1.82) is 0 Å². The summed E-state index contributed by atoms with van der Waals surface area (Å²) in [5, 5.41) is 12.9. The van der Waals surface area contributed by atoms with Gasteiger partial charge in [-0.25, -0.2) is 8.42 Å². The smallest absolute Gasteiger partial charge is 0.288 e. The molecule has 0 saturated carbocycles. The van der Waals surface area contributed by atoms with Crippen LogP contribution < -0.4 is 4.74 Å². The van der Waals surface area contributed by atoms with E-state index in [4.69, 9.17) is 14.2 Å². The van der Waals surface area contributed by atoms with Crippen LogP contribution in [0.1, 0.15) is 23.5 Å². The van der Waals surface area contributed by atoms with E-state index in [1.54, 1.807) is 23.5 Å². The number of aliphatic hydroxyl groups is 1. The Balaban J connectivity index is 1.15. The molecule has 1 N–H and O–H groups in total. The summed E-state index contributed by atoms with van der Waals surface area (Å²) >= 11 is 1.66. The van der Waals surface area contributed by atoms with E-state index < -0.39 is 16.3 Å². The van der Waals surface area contributed by atoms with Crippen molar-refractivity contribution >= 4 is 37.4 Å². The first kappa shape index (κ1) is 34.1. The molecule has 0 unspecified atom stereocenters. The lowest BCUT2D eigenvalue weighted by Crippen LogP contribution is -2.49. The monoisotopic (exact) mass is 691 g/mol. The number of fused-ring (bicyclic) bond motifs is 1. The van der Waals surface area contributed by atoms with Crippen LogP contribution in [0, 0.1) is 0 Å². The lowest BCUT2D eigenvalue weighted by atomic mass is 9.92. The number of allylic oxidation sites excluding steroid dienone is 1. The van der Waals surface area contributed by atoms with Crippen molar-refractivity contribution in [3.8, 4) is 5.75 Å². The van der Waals surface area contributed by atoms with Gasteiger partial charge in [-0.3, -0.25) is 9.69 Å². The number of thiophene rings is 1. The topological polar surface area (TPSA) is 109 Å². The third-order valence-corrected chi connectivity index (χ3v) is 11.7. The highest BCUT2D eigenvalue weighted by Gasteiger charge is 2.34. The van der Waals surface area contributed by atoms with Crippen molar-refractivity contribution in [3.05, 3.63) is 107 Å². The summed E-state index contributed by atoms with van der Waals surface area (Å²) in [6, 6.07) is 24.6. The molecule has 1 aromatic heterocycles. The number of methoxy groups -OCH3 is 1. The minimum Gasteiger partial charge on any atom is -0.497 e. The highest BCUT2D eigenvalue weighted by atomic mass is 32.2. The molecule has 2 aliphatic heterocycles. The quantitative estimate of drug-likeness (QED) is 0.216. The van der Waals surface area contributed by atoms with Crippen molar-refractivity contribution < 1.29 is 32.5 Å². The molecule has 3 aromatic carbocycles. The van der Waals surface area contributed by atoms with Gasteiger partial charge in [0.05, 0.1) is 25.2 Å². The van der Waals surface area contributed by atoms with E-state index in [0.717, 1.165) is 35.3 Å². The number of aliphatic hydroxyl groups excluding tert-OH is 1. The maximum atomic E-state index is 13.9. The fraction of sp³-hybridized carbons (Fsp3) is 0.361. The average Bonchev–Trinajstić information content (AvgIpc) is 3.56. The standard InChI is InChI=1S/C36H41N3O7S2/c1-44-29-11-13-30(14-12-29)48(42,43)39(19-21-40)20-22-45-35-24-28(32-26-47-34-10-6-5-9-31(32)34)23-33(46-35)36(41)38-17-15-37(16-18-38)25-27-7-3-2-4-8-27/h2-14,23,26,28,35,40H,15-22,24-25H2,1H3/t28-,35+/m0/s1. The molecule has 1 saturated heterocycles. The lowest BCUT2D eigenvalue weighted by Gasteiger charge is -2.36. The fourth-order valence-corrected chi connectivity index (χ4v) is 8.61. The van der Waals surface area contributed by atoms with Crippen LogP contribution in [-0.2, 0) is 30.8 Å². The molecule has 6 rings (SSSR count). The fourth-order valence-electron chi connectivity index (χ4n) is 6.17. The Bertz CT molecular complexity index is 1800. The number of rotatable bonds is 13. The van der Waals surface area contributed by atoms with Crippen molar-refractivity contribution in [2.75, 3.05) is 59.6 Å². The number of sulfonamides is 1. The summed E-state index contributed by atoms with van der Waals surface area (Å²) in [5.41, 5.74) is 2.35. The highest BCUT2D eigenvalue weighted by Crippen LogP contribution is 2.38. The molecule has 3 heterocycles. The minimum absolute atomic E-state index is 0.00278. The molecule has 254 valence electrons. The Kier molecular flexibility index (Phi) is 11.1. The zero-order valence-electron chi connectivity index (χ0n) is 26.9. The molecule has 1 amide bonds. The lowest BCUT2D eigenvalue weighted by molar-refractivity contribution is -0.153. The predicted molar refractivity (Wildman–Crippen MR) is 185 cm³/mol. The number of benzene rings is 3. The van der Waals surface area contributed by atoms with E-state index in [0.29, 0.717) is 25.3 Å². The summed E-state index contributed by atoms with van der Waals surface area (Å²) in [5.74, 6) is 0.493. The normalized spacial score (nSPS) is 18.9. The summed E-state index contributed by atoms with van der Waals surface area (Å²) in [6.07, 6.45) is 1.61. The number of piperazine rings is 1. The van der Waals surface area contributed by atoms with E-state index in [2.05, 4.69) is 34.5 Å². The second-order valence-electron chi connectivity index (χ2n) is 11.8. The van der Waals surface area contributed by atoms with Crippen LogP contribution in [0.5, 0.6) is 5.75 Å². The molecule has 4 aromatic rings. The van der Waals surface area contributed by atoms with Crippen LogP contribution in [0.3, 0.4) is 0 Å². The van der Waals surface area contributed by atoms with Gasteiger partial charge in [0, 0.05) is 62.9 Å². The van der Waals surface area contributed by atoms with Gasteiger partial charge in [-0.2, -0.15) is 4.31 Å². The number of ether oxygens (including phenoxy) is 3. The molecule has 12 heteroatoms. The van der Waals surface area contributed by atoms with E-state index in [1.807, 2.05) is 41.3 Å². The van der Waals surface area contributed by atoms with E-state index in [9.17, 15) is 18.3 Å². The molecule has 0 bridgehead atoms. The molecule has 0 spiro atoms. The van der Waals surface area contributed by atoms with Crippen LogP contribution in [0.4, 0.5) is 0 Å². The van der Waals surface area contributed by atoms with E-state index >= 15 is 0 Å². The highest BCUT2D eigenvalue weighted by molar-refractivity contribution is 7.89. The Morgan fingerprint density at radius 1 is 0.979 bits per heavy atom. The van der Waals surface area contributed by atoms with Crippen molar-refractivity contribution in [2.45, 2.75) is 30.1 Å². The Morgan fingerprint density at radius 3 is 2.44 bits per heavy atom. The maximum absolute atomic E-state index is 13.9. The number of hydrogen-bond acceptors (Lipinski definition) is 9. The number of carbonyl (C=O) groups is 1. The second-order valence-corrected chi connectivity index (χ2v) is 14.7. The van der Waals surface area contributed by atoms with E-state index in [1.165, 1.54) is 29.1 Å². The van der Waals surface area contributed by atoms with Gasteiger partial charge in [-0.1, -0.05) is 48.5 Å².